The van der Waals surface area contributed by atoms with E-state index >= 15 is 0 Å². The average Bonchev–Trinajstić information content (AvgIpc) is 4.24. The van der Waals surface area contributed by atoms with Crippen molar-refractivity contribution in [2.24, 2.45) is 0 Å². The number of hydrogen-bond donors (Lipinski definition) is 6. The van der Waals surface area contributed by atoms with Gasteiger partial charge < -0.3 is 47.2 Å². The minimum atomic E-state index is 0. The average molecular weight is 1050 g/mol. The van der Waals surface area contributed by atoms with Crippen LogP contribution in [0.2, 0.25) is 0 Å². The van der Waals surface area contributed by atoms with Crippen molar-refractivity contribution in [3.63, 3.8) is 0 Å². The number of nitrogens with zero attached hydrogens (tertiary/aromatic N) is 14. The van der Waals surface area contributed by atoms with Gasteiger partial charge in [-0.2, -0.15) is 0 Å². The van der Waals surface area contributed by atoms with Crippen LogP contribution in [0, 0.1) is 0 Å². The first kappa shape index (κ1) is 48.2. The monoisotopic (exact) mass is 1050 g/mol. The number of rotatable bonds is 8. The summed E-state index contributed by atoms with van der Waals surface area (Å²) in [5, 5.41) is 58.1. The number of benzene rings is 4. The maximum absolute atomic E-state index is 5.45. The Labute approximate surface area is 434 Å². The van der Waals surface area contributed by atoms with Crippen LogP contribution in [0.4, 0.5) is 0 Å². The van der Waals surface area contributed by atoms with Gasteiger partial charge in [-0.05, 0) is 113 Å². The predicted molar refractivity (Wildman–Crippen MR) is 253 cm³/mol. The second-order valence-electron chi connectivity index (χ2n) is 15.8. The SMILES string of the molecule is C1=Cc2nc1c(-c1ccc(-c3nnn[nH]3)cc1)c1ccc([nH]1)c(-c1ccc(-c3nnn[nH]3)cc1)c1nc(c(-c3ccc(-c4nnn[nH]4)cc3)c3ccc([nH]3)c2-c2ccc(-c3nnn[nH]3)cc2)C=C1.[Cl-].[Cl-].[Cl-].[Mn+3]. The van der Waals surface area contributed by atoms with Gasteiger partial charge in [-0.25, -0.2) is 30.4 Å². The van der Waals surface area contributed by atoms with Crippen LogP contribution >= 0.6 is 0 Å². The molecule has 2 aliphatic rings. The summed E-state index contributed by atoms with van der Waals surface area (Å²) in [6.07, 6.45) is 8.24. The van der Waals surface area contributed by atoms with Crippen LogP contribution < -0.4 is 37.2 Å². The molecule has 2 aliphatic heterocycles. The Kier molecular flexibility index (Phi) is 13.5. The van der Waals surface area contributed by atoms with E-state index in [-0.39, 0.29) is 54.3 Å². The molecule has 0 fully saturated rings. The first-order valence-corrected chi connectivity index (χ1v) is 21.2. The molecule has 0 amide bonds. The number of hydrogen-bond acceptors (Lipinski definition) is 14. The minimum Gasteiger partial charge on any atom is -1.00 e. The third-order valence-corrected chi connectivity index (χ3v) is 11.9. The molecule has 350 valence electrons. The standard InChI is InChI=1S/C48H30N20.3ClH.Mn/c1-9-29(45-53-61-62-54-45)10-2-25(1)41-33-17-19-35(49-33)42(26-3-11-30(12-4-26)46-55-63-64-56-46)37-21-23-39(51-37)44(28-7-15-32(16-8-28)48-59-67-68-60-48)40-24-22-38(52-40)43(36-20-18-34(41)50-36)27-5-13-31(14-6-27)47-57-65-66-58-47;;;;/h1-24,49,52H,(H,53,54,61,62)(H,55,56,63,64)(H,57,58,65,66)(H,59,60,67,68);3*1H;/q;;;;+3/p-3. The normalized spacial score (nSPS) is 11.3. The van der Waals surface area contributed by atoms with Crippen molar-refractivity contribution in [1.29, 1.82) is 0 Å². The van der Waals surface area contributed by atoms with E-state index in [2.05, 4.69) is 190 Å². The van der Waals surface area contributed by atoms with E-state index in [1.54, 1.807) is 0 Å². The largest absolute Gasteiger partial charge is 3.00 e. The van der Waals surface area contributed by atoms with E-state index in [0.29, 0.717) is 23.3 Å². The van der Waals surface area contributed by atoms with Gasteiger partial charge in [0.15, 0.2) is 23.3 Å². The predicted octanol–water partition coefficient (Wildman–Crippen LogP) is -0.946. The van der Waals surface area contributed by atoms with E-state index in [9.17, 15) is 0 Å². The molecule has 9 heterocycles. The van der Waals surface area contributed by atoms with E-state index in [1.807, 2.05) is 48.5 Å². The van der Waals surface area contributed by atoms with E-state index in [1.165, 1.54) is 0 Å². The Morgan fingerprint density at radius 1 is 0.264 bits per heavy atom. The Morgan fingerprint density at radius 3 is 0.667 bits per heavy atom. The molecule has 0 saturated heterocycles. The van der Waals surface area contributed by atoms with Gasteiger partial charge in [0.1, 0.15) is 0 Å². The molecule has 0 atom stereocenters. The van der Waals surface area contributed by atoms with E-state index in [4.69, 9.17) is 9.97 Å². The Hall–Kier alpha value is -8.85. The molecular weight excluding hydrogens is 1020 g/mol. The summed E-state index contributed by atoms with van der Waals surface area (Å²) in [7, 11) is 0. The Morgan fingerprint density at radius 2 is 0.472 bits per heavy atom. The molecule has 6 N–H and O–H groups in total. The smallest absolute Gasteiger partial charge is 1.00 e. The number of H-pyrrole nitrogens is 6. The van der Waals surface area contributed by atoms with Crippen molar-refractivity contribution >= 4 is 46.4 Å². The summed E-state index contributed by atoms with van der Waals surface area (Å²) in [4.78, 5) is 18.5. The van der Waals surface area contributed by atoms with Gasteiger partial charge in [0, 0.05) is 66.6 Å². The topological polar surface area (TPSA) is 275 Å². The summed E-state index contributed by atoms with van der Waals surface area (Å²) in [5.74, 6) is 2.27. The van der Waals surface area contributed by atoms with Gasteiger partial charge in [-0.1, -0.05) is 97.1 Å². The van der Waals surface area contributed by atoms with Gasteiger partial charge in [0.2, 0.25) is 0 Å². The molecule has 24 heteroatoms. The number of tetrazole rings is 4. The molecule has 0 unspecified atom stereocenters. The molecule has 20 nitrogen and oxygen atoms in total. The Balaban J connectivity index is 0.00000160. The summed E-state index contributed by atoms with van der Waals surface area (Å²) < 4.78 is 0. The van der Waals surface area contributed by atoms with Crippen LogP contribution in [0.15, 0.2) is 121 Å². The van der Waals surface area contributed by atoms with Gasteiger partial charge in [0.05, 0.1) is 22.8 Å². The summed E-state index contributed by atoms with van der Waals surface area (Å²) in [6, 6.07) is 40.7. The fourth-order valence-electron chi connectivity index (χ4n) is 8.73. The number of nitrogens with one attached hydrogen (secondary N) is 6. The Bertz CT molecular complexity index is 3370. The molecular formula is C48H30Cl3MnN20. The molecule has 4 aromatic carbocycles. The zero-order valence-electron chi connectivity index (χ0n) is 36.6. The fraction of sp³-hybridized carbons (Fsp3) is 0. The van der Waals surface area contributed by atoms with Crippen LogP contribution in [0.1, 0.15) is 22.8 Å². The van der Waals surface area contributed by atoms with Crippen molar-refractivity contribution in [3.8, 4) is 90.1 Å². The van der Waals surface area contributed by atoms with Gasteiger partial charge in [0.25, 0.3) is 0 Å². The third-order valence-electron chi connectivity index (χ3n) is 11.9. The molecule has 0 spiro atoms. The number of fused-ring (bicyclic) bond motifs is 8. The number of aromatic nitrogens is 20. The molecule has 0 aliphatic carbocycles. The molecule has 11 aromatic rings. The van der Waals surface area contributed by atoms with Crippen LogP contribution in [-0.2, 0) is 17.1 Å². The quantitative estimate of drug-likeness (QED) is 0.100. The van der Waals surface area contributed by atoms with Crippen molar-refractivity contribution in [2.75, 3.05) is 0 Å². The zero-order valence-corrected chi connectivity index (χ0v) is 40.1. The minimum absolute atomic E-state index is 0. The van der Waals surface area contributed by atoms with Crippen molar-refractivity contribution in [1.82, 2.24) is 102 Å². The first-order valence-electron chi connectivity index (χ1n) is 21.2. The van der Waals surface area contributed by atoms with Crippen molar-refractivity contribution in [2.45, 2.75) is 0 Å². The van der Waals surface area contributed by atoms with Crippen molar-refractivity contribution < 1.29 is 54.3 Å². The molecule has 7 aromatic heterocycles. The molecule has 13 rings (SSSR count). The van der Waals surface area contributed by atoms with Crippen LogP contribution in [0.5, 0.6) is 0 Å². The van der Waals surface area contributed by atoms with Gasteiger partial charge in [-0.15, -0.1) is 20.4 Å². The van der Waals surface area contributed by atoms with Crippen LogP contribution in [0.25, 0.3) is 136 Å². The summed E-state index contributed by atoms with van der Waals surface area (Å²) in [6.45, 7) is 0. The maximum atomic E-state index is 5.45. The van der Waals surface area contributed by atoms with Crippen molar-refractivity contribution in [3.05, 3.63) is 144 Å². The summed E-state index contributed by atoms with van der Waals surface area (Å²) in [5.41, 5.74) is 17.1. The molecule has 72 heavy (non-hydrogen) atoms. The first-order chi connectivity index (χ1) is 33.7. The number of halogens is 3. The van der Waals surface area contributed by atoms with Gasteiger partial charge in [-0.3, -0.25) is 0 Å². The van der Waals surface area contributed by atoms with E-state index in [0.717, 1.165) is 112 Å². The molecule has 0 radical (unpaired) electrons. The second kappa shape index (κ2) is 20.2. The number of aromatic amines is 6. The zero-order chi connectivity index (χ0) is 45.0. The molecule has 0 saturated carbocycles. The summed E-state index contributed by atoms with van der Waals surface area (Å²) >= 11 is 0. The maximum Gasteiger partial charge on any atom is 3.00 e. The van der Waals surface area contributed by atoms with Crippen LogP contribution in [0.3, 0.4) is 0 Å². The van der Waals surface area contributed by atoms with E-state index < -0.39 is 0 Å². The van der Waals surface area contributed by atoms with Gasteiger partial charge >= 0.3 is 17.1 Å². The fourth-order valence-corrected chi connectivity index (χ4v) is 8.73. The third kappa shape index (κ3) is 8.73. The second-order valence-corrected chi connectivity index (χ2v) is 15.8. The van der Waals surface area contributed by atoms with Crippen LogP contribution in [-0.4, -0.2) is 102 Å². The molecule has 8 bridgehead atoms.